The zero-order valence-electron chi connectivity index (χ0n) is 15.7. The van der Waals surface area contributed by atoms with Crippen molar-refractivity contribution in [3.63, 3.8) is 0 Å². The molecule has 0 saturated carbocycles. The number of benzene rings is 2. The number of rotatable bonds is 8. The van der Waals surface area contributed by atoms with E-state index in [-0.39, 0.29) is 37.1 Å². The number of amides is 3. The van der Waals surface area contributed by atoms with Gasteiger partial charge in [0.05, 0.1) is 12.8 Å². The standard InChI is InChI=1S/C22H21N3O4/c26-20(16-5-2-1-3-6-16)12-13-21(27)24-17-8-10-18(11-9-17)25-22(28)23-15-19-7-4-14-29-19/h1-11,14H,12-13,15H2,(H,24,27)(H2,23,25,28). The van der Waals surface area contributed by atoms with Crippen LogP contribution in [0.25, 0.3) is 0 Å². The smallest absolute Gasteiger partial charge is 0.319 e. The molecule has 29 heavy (non-hydrogen) atoms. The number of ketones is 1. The Kier molecular flexibility index (Phi) is 6.78. The van der Waals surface area contributed by atoms with Crippen molar-refractivity contribution in [3.05, 3.63) is 84.3 Å². The van der Waals surface area contributed by atoms with Gasteiger partial charge in [-0.15, -0.1) is 0 Å². The fraction of sp³-hybridized carbons (Fsp3) is 0.136. The molecule has 3 rings (SSSR count). The summed E-state index contributed by atoms with van der Waals surface area (Å²) in [7, 11) is 0. The van der Waals surface area contributed by atoms with E-state index in [1.54, 1.807) is 66.9 Å². The maximum Gasteiger partial charge on any atom is 0.319 e. The van der Waals surface area contributed by atoms with Crippen molar-refractivity contribution in [2.24, 2.45) is 0 Å². The van der Waals surface area contributed by atoms with Crippen LogP contribution >= 0.6 is 0 Å². The molecule has 0 radical (unpaired) electrons. The lowest BCUT2D eigenvalue weighted by Gasteiger charge is -2.09. The molecule has 0 spiro atoms. The molecule has 0 aliphatic rings. The quantitative estimate of drug-likeness (QED) is 0.501. The van der Waals surface area contributed by atoms with Crippen LogP contribution in [0.1, 0.15) is 29.0 Å². The van der Waals surface area contributed by atoms with E-state index in [1.807, 2.05) is 6.07 Å². The Hall–Kier alpha value is -3.87. The van der Waals surface area contributed by atoms with Crippen LogP contribution in [0, 0.1) is 0 Å². The Morgan fingerprint density at radius 3 is 2.10 bits per heavy atom. The second kappa shape index (κ2) is 9.89. The summed E-state index contributed by atoms with van der Waals surface area (Å²) < 4.78 is 5.14. The monoisotopic (exact) mass is 391 g/mol. The van der Waals surface area contributed by atoms with E-state index >= 15 is 0 Å². The van der Waals surface area contributed by atoms with E-state index in [0.29, 0.717) is 22.7 Å². The van der Waals surface area contributed by atoms with Crippen molar-refractivity contribution in [2.75, 3.05) is 10.6 Å². The molecule has 0 saturated heterocycles. The van der Waals surface area contributed by atoms with Crippen molar-refractivity contribution in [1.29, 1.82) is 0 Å². The van der Waals surface area contributed by atoms with E-state index in [4.69, 9.17) is 4.42 Å². The van der Waals surface area contributed by atoms with Crippen molar-refractivity contribution >= 4 is 29.1 Å². The molecular weight excluding hydrogens is 370 g/mol. The summed E-state index contributed by atoms with van der Waals surface area (Å²) in [5.74, 6) is 0.344. The molecule has 1 heterocycles. The molecule has 7 heteroatoms. The van der Waals surface area contributed by atoms with Gasteiger partial charge in [0.25, 0.3) is 0 Å². The number of Topliss-reactive ketones (excluding diaryl/α,β-unsaturated/α-hetero) is 1. The molecule has 0 aliphatic carbocycles. The van der Waals surface area contributed by atoms with Gasteiger partial charge in [0.2, 0.25) is 5.91 Å². The number of anilines is 2. The highest BCUT2D eigenvalue weighted by molar-refractivity contribution is 6.00. The van der Waals surface area contributed by atoms with Crippen LogP contribution in [0.3, 0.4) is 0 Å². The van der Waals surface area contributed by atoms with Gasteiger partial charge in [-0.05, 0) is 36.4 Å². The Bertz CT molecular complexity index is 951. The molecule has 0 unspecified atom stereocenters. The number of carbonyl (C=O) groups is 3. The lowest BCUT2D eigenvalue weighted by atomic mass is 10.1. The third kappa shape index (κ3) is 6.35. The molecule has 0 fully saturated rings. The average Bonchev–Trinajstić information content (AvgIpc) is 3.26. The highest BCUT2D eigenvalue weighted by Gasteiger charge is 2.09. The Labute approximate surface area is 168 Å². The molecule has 3 amide bonds. The Morgan fingerprint density at radius 1 is 0.759 bits per heavy atom. The van der Waals surface area contributed by atoms with Crippen molar-refractivity contribution in [1.82, 2.24) is 5.32 Å². The van der Waals surface area contributed by atoms with Gasteiger partial charge in [-0.25, -0.2) is 4.79 Å². The first-order valence-corrected chi connectivity index (χ1v) is 9.15. The van der Waals surface area contributed by atoms with Gasteiger partial charge in [-0.2, -0.15) is 0 Å². The summed E-state index contributed by atoms with van der Waals surface area (Å²) in [4.78, 5) is 36.0. The third-order valence-electron chi connectivity index (χ3n) is 4.10. The predicted octanol–water partition coefficient (Wildman–Crippen LogP) is 4.20. The number of hydrogen-bond acceptors (Lipinski definition) is 4. The van der Waals surface area contributed by atoms with E-state index < -0.39 is 0 Å². The fourth-order valence-electron chi connectivity index (χ4n) is 2.61. The van der Waals surface area contributed by atoms with Gasteiger partial charge in [0.15, 0.2) is 5.78 Å². The Morgan fingerprint density at radius 2 is 1.45 bits per heavy atom. The molecule has 148 valence electrons. The van der Waals surface area contributed by atoms with E-state index in [1.165, 1.54) is 0 Å². The fourth-order valence-corrected chi connectivity index (χ4v) is 2.61. The maximum absolute atomic E-state index is 12.1. The molecule has 0 bridgehead atoms. The molecular formula is C22H21N3O4. The second-order valence-electron chi connectivity index (χ2n) is 6.30. The number of urea groups is 1. The first-order valence-electron chi connectivity index (χ1n) is 9.15. The van der Waals surface area contributed by atoms with Gasteiger partial charge >= 0.3 is 6.03 Å². The summed E-state index contributed by atoms with van der Waals surface area (Å²) >= 11 is 0. The molecule has 0 aliphatic heterocycles. The van der Waals surface area contributed by atoms with Crippen LogP contribution in [-0.4, -0.2) is 17.7 Å². The van der Waals surface area contributed by atoms with E-state index in [2.05, 4.69) is 16.0 Å². The Balaban J connectivity index is 1.41. The lowest BCUT2D eigenvalue weighted by molar-refractivity contribution is -0.116. The second-order valence-corrected chi connectivity index (χ2v) is 6.30. The highest BCUT2D eigenvalue weighted by atomic mass is 16.3. The molecule has 7 nitrogen and oxygen atoms in total. The zero-order valence-corrected chi connectivity index (χ0v) is 15.7. The number of nitrogens with one attached hydrogen (secondary N) is 3. The number of carbonyl (C=O) groups excluding carboxylic acids is 3. The SMILES string of the molecule is O=C(CCC(=O)c1ccccc1)Nc1ccc(NC(=O)NCc2ccco2)cc1. The molecule has 1 aromatic heterocycles. The molecule has 2 aromatic carbocycles. The van der Waals surface area contributed by atoms with Gasteiger partial charge in [-0.1, -0.05) is 30.3 Å². The minimum absolute atomic E-state index is 0.0686. The van der Waals surface area contributed by atoms with Gasteiger partial charge < -0.3 is 20.4 Å². The van der Waals surface area contributed by atoms with Crippen molar-refractivity contribution < 1.29 is 18.8 Å². The summed E-state index contributed by atoms with van der Waals surface area (Å²) in [6.07, 6.45) is 1.79. The average molecular weight is 391 g/mol. The van der Waals surface area contributed by atoms with Crippen LogP contribution in [0.4, 0.5) is 16.2 Å². The molecule has 0 atom stereocenters. The normalized spacial score (nSPS) is 10.2. The number of furan rings is 1. The van der Waals surface area contributed by atoms with Crippen LogP contribution < -0.4 is 16.0 Å². The zero-order chi connectivity index (χ0) is 20.5. The minimum atomic E-state index is -0.363. The summed E-state index contributed by atoms with van der Waals surface area (Å²) in [6.45, 7) is 0.286. The van der Waals surface area contributed by atoms with E-state index in [0.717, 1.165) is 0 Å². The number of hydrogen-bond donors (Lipinski definition) is 3. The van der Waals surface area contributed by atoms with Crippen LogP contribution in [-0.2, 0) is 11.3 Å². The largest absolute Gasteiger partial charge is 0.467 e. The van der Waals surface area contributed by atoms with Crippen LogP contribution in [0.2, 0.25) is 0 Å². The third-order valence-corrected chi connectivity index (χ3v) is 4.10. The highest BCUT2D eigenvalue weighted by Crippen LogP contribution is 2.14. The van der Waals surface area contributed by atoms with Crippen molar-refractivity contribution in [3.8, 4) is 0 Å². The molecule has 3 aromatic rings. The summed E-state index contributed by atoms with van der Waals surface area (Å²) in [6, 6.07) is 18.8. The van der Waals surface area contributed by atoms with Crippen molar-refractivity contribution in [2.45, 2.75) is 19.4 Å². The summed E-state index contributed by atoms with van der Waals surface area (Å²) in [5, 5.41) is 8.11. The first kappa shape index (κ1) is 19.9. The predicted molar refractivity (Wildman–Crippen MR) is 110 cm³/mol. The van der Waals surface area contributed by atoms with Crippen LogP contribution in [0.15, 0.2) is 77.4 Å². The van der Waals surface area contributed by atoms with Crippen LogP contribution in [0.5, 0.6) is 0 Å². The van der Waals surface area contributed by atoms with Gasteiger partial charge in [-0.3, -0.25) is 9.59 Å². The lowest BCUT2D eigenvalue weighted by Crippen LogP contribution is -2.27. The molecule has 3 N–H and O–H groups in total. The minimum Gasteiger partial charge on any atom is -0.467 e. The maximum atomic E-state index is 12.1. The topological polar surface area (TPSA) is 100 Å². The summed E-state index contributed by atoms with van der Waals surface area (Å²) in [5.41, 5.74) is 1.77. The van der Waals surface area contributed by atoms with Gasteiger partial charge in [0, 0.05) is 29.8 Å². The first-order chi connectivity index (χ1) is 14.1. The van der Waals surface area contributed by atoms with Gasteiger partial charge in [0.1, 0.15) is 5.76 Å². The van der Waals surface area contributed by atoms with E-state index in [9.17, 15) is 14.4 Å².